The summed E-state index contributed by atoms with van der Waals surface area (Å²) in [5.74, 6) is 1.49. The summed E-state index contributed by atoms with van der Waals surface area (Å²) in [7, 11) is 1.69. The topological polar surface area (TPSA) is 62.9 Å². The molecule has 0 aliphatic carbocycles. The number of halogens is 4. The van der Waals surface area contributed by atoms with E-state index < -0.39 is 17.8 Å². The molecule has 1 N–H and O–H groups in total. The van der Waals surface area contributed by atoms with E-state index in [9.17, 15) is 13.2 Å². The fourth-order valence-corrected chi connectivity index (χ4v) is 3.45. The molecule has 0 bridgehead atoms. The number of alkyl halides is 3. The summed E-state index contributed by atoms with van der Waals surface area (Å²) in [4.78, 5) is 6.32. The van der Waals surface area contributed by atoms with Crippen LogP contribution < -0.4 is 5.32 Å². The second-order valence-corrected chi connectivity index (χ2v) is 6.96. The van der Waals surface area contributed by atoms with E-state index in [-0.39, 0.29) is 24.0 Å². The smallest absolute Gasteiger partial charge is 0.370 e. The van der Waals surface area contributed by atoms with Crippen molar-refractivity contribution in [1.29, 1.82) is 0 Å². The molecule has 166 valence electrons. The van der Waals surface area contributed by atoms with Crippen molar-refractivity contribution in [2.24, 2.45) is 4.99 Å². The van der Waals surface area contributed by atoms with Crippen LogP contribution in [0.1, 0.15) is 34.2 Å². The Morgan fingerprint density at radius 2 is 2.10 bits per heavy atom. The van der Waals surface area contributed by atoms with Crippen LogP contribution in [0.3, 0.4) is 0 Å². The molecule has 1 unspecified atom stereocenters. The number of hydrogen-bond acceptors (Lipinski definition) is 4. The molecule has 1 aliphatic heterocycles. The summed E-state index contributed by atoms with van der Waals surface area (Å²) in [6.07, 6.45) is -4.09. The van der Waals surface area contributed by atoms with E-state index in [1.54, 1.807) is 13.1 Å². The van der Waals surface area contributed by atoms with Crippen LogP contribution in [0.2, 0.25) is 0 Å². The highest BCUT2D eigenvalue weighted by molar-refractivity contribution is 14.0. The number of hydrogen-bond donors (Lipinski definition) is 1. The van der Waals surface area contributed by atoms with Gasteiger partial charge in [-0.05, 0) is 38.0 Å². The summed E-state index contributed by atoms with van der Waals surface area (Å²) in [5, 5.41) is 7.26. The molecule has 1 fully saturated rings. The number of aryl methyl sites for hydroxylation is 2. The summed E-state index contributed by atoms with van der Waals surface area (Å²) in [5.41, 5.74) is 1.78. The van der Waals surface area contributed by atoms with Crippen molar-refractivity contribution in [3.05, 3.63) is 52.4 Å². The zero-order valence-electron chi connectivity index (χ0n) is 17.1. The molecular formula is C20H26F3IN4O2. The van der Waals surface area contributed by atoms with Crippen LogP contribution in [0.15, 0.2) is 33.8 Å². The highest BCUT2D eigenvalue weighted by atomic mass is 127. The van der Waals surface area contributed by atoms with E-state index in [0.29, 0.717) is 37.8 Å². The Hall–Kier alpha value is -1.82. The molecule has 0 saturated carbocycles. The van der Waals surface area contributed by atoms with Crippen LogP contribution in [-0.4, -0.2) is 49.3 Å². The van der Waals surface area contributed by atoms with Crippen LogP contribution in [0.4, 0.5) is 13.2 Å². The van der Waals surface area contributed by atoms with Gasteiger partial charge < -0.3 is 19.5 Å². The van der Waals surface area contributed by atoms with Gasteiger partial charge in [0.05, 0.1) is 24.4 Å². The van der Waals surface area contributed by atoms with Gasteiger partial charge in [-0.3, -0.25) is 4.99 Å². The molecule has 1 aromatic heterocycles. The van der Waals surface area contributed by atoms with Crippen molar-refractivity contribution >= 4 is 29.9 Å². The van der Waals surface area contributed by atoms with E-state index >= 15 is 0 Å². The van der Waals surface area contributed by atoms with Crippen molar-refractivity contribution in [3.63, 3.8) is 0 Å². The van der Waals surface area contributed by atoms with Crippen molar-refractivity contribution in [2.45, 2.75) is 32.5 Å². The summed E-state index contributed by atoms with van der Waals surface area (Å²) >= 11 is 0. The molecule has 0 radical (unpaired) electrons. The second-order valence-electron chi connectivity index (χ2n) is 6.96. The highest BCUT2D eigenvalue weighted by Gasteiger charge is 2.32. The van der Waals surface area contributed by atoms with Crippen LogP contribution in [-0.2, 0) is 17.3 Å². The van der Waals surface area contributed by atoms with Crippen molar-refractivity contribution in [3.8, 4) is 0 Å². The predicted octanol–water partition coefficient (Wildman–Crippen LogP) is 4.12. The molecule has 1 atom stereocenters. The summed E-state index contributed by atoms with van der Waals surface area (Å²) < 4.78 is 50.0. The summed E-state index contributed by atoms with van der Waals surface area (Å²) in [6.45, 7) is 5.87. The Bertz CT molecular complexity index is 850. The van der Waals surface area contributed by atoms with Crippen molar-refractivity contribution in [2.75, 3.05) is 33.3 Å². The number of guanidine groups is 1. The van der Waals surface area contributed by atoms with E-state index in [1.165, 1.54) is 6.07 Å². The SMILES string of the molecule is CN=C(NCCc1c(C)noc1C)N1CCOC(c2cccc(C(F)(F)F)c2)C1.I. The maximum Gasteiger partial charge on any atom is 0.416 e. The molecule has 1 aliphatic rings. The van der Waals surface area contributed by atoms with E-state index in [1.807, 2.05) is 18.7 Å². The Morgan fingerprint density at radius 3 is 2.73 bits per heavy atom. The van der Waals surface area contributed by atoms with Gasteiger partial charge in [-0.2, -0.15) is 13.2 Å². The maximum atomic E-state index is 13.0. The molecule has 0 spiro atoms. The first-order valence-electron chi connectivity index (χ1n) is 9.45. The Kier molecular flexibility index (Phi) is 8.53. The van der Waals surface area contributed by atoms with E-state index in [2.05, 4.69) is 15.5 Å². The lowest BCUT2D eigenvalue weighted by Gasteiger charge is -2.35. The molecule has 1 saturated heterocycles. The molecule has 0 amide bonds. The first-order chi connectivity index (χ1) is 13.8. The van der Waals surface area contributed by atoms with Crippen molar-refractivity contribution in [1.82, 2.24) is 15.4 Å². The zero-order valence-corrected chi connectivity index (χ0v) is 19.5. The third-order valence-electron chi connectivity index (χ3n) is 5.00. The largest absolute Gasteiger partial charge is 0.416 e. The van der Waals surface area contributed by atoms with Crippen LogP contribution in [0.5, 0.6) is 0 Å². The normalized spacial score (nSPS) is 17.6. The highest BCUT2D eigenvalue weighted by Crippen LogP contribution is 2.32. The number of aromatic nitrogens is 1. The van der Waals surface area contributed by atoms with Crippen molar-refractivity contribution < 1.29 is 22.4 Å². The van der Waals surface area contributed by atoms with Gasteiger partial charge in [-0.1, -0.05) is 17.3 Å². The van der Waals surface area contributed by atoms with Crippen LogP contribution >= 0.6 is 24.0 Å². The monoisotopic (exact) mass is 538 g/mol. The van der Waals surface area contributed by atoms with E-state index in [4.69, 9.17) is 9.26 Å². The number of benzene rings is 1. The average molecular weight is 538 g/mol. The van der Waals surface area contributed by atoms with Crippen LogP contribution in [0, 0.1) is 13.8 Å². The Labute approximate surface area is 190 Å². The maximum absolute atomic E-state index is 13.0. The number of rotatable bonds is 4. The molecule has 10 heteroatoms. The number of nitrogens with zero attached hydrogens (tertiary/aromatic N) is 3. The fourth-order valence-electron chi connectivity index (χ4n) is 3.45. The first-order valence-corrected chi connectivity index (χ1v) is 9.45. The van der Waals surface area contributed by atoms with Gasteiger partial charge in [0.2, 0.25) is 0 Å². The molecule has 6 nitrogen and oxygen atoms in total. The number of nitrogens with one attached hydrogen (secondary N) is 1. The Morgan fingerprint density at radius 1 is 1.33 bits per heavy atom. The number of aliphatic imine (C=N–C) groups is 1. The standard InChI is InChI=1S/C20H25F3N4O2.HI/c1-13-17(14(2)29-26-13)7-8-25-19(24-3)27-9-10-28-18(12-27)15-5-4-6-16(11-15)20(21,22)23;/h4-6,11,18H,7-10,12H2,1-3H3,(H,24,25);1H. The lowest BCUT2D eigenvalue weighted by Crippen LogP contribution is -2.48. The lowest BCUT2D eigenvalue weighted by atomic mass is 10.0. The third kappa shape index (κ3) is 5.87. The predicted molar refractivity (Wildman–Crippen MR) is 118 cm³/mol. The zero-order chi connectivity index (χ0) is 21.0. The lowest BCUT2D eigenvalue weighted by molar-refractivity contribution is -0.137. The minimum atomic E-state index is -4.37. The van der Waals surface area contributed by atoms with Gasteiger partial charge in [0.1, 0.15) is 11.9 Å². The molecule has 3 rings (SSSR count). The van der Waals surface area contributed by atoms with E-state index in [0.717, 1.165) is 35.6 Å². The minimum absolute atomic E-state index is 0. The molecule has 2 heterocycles. The molecule has 2 aromatic rings. The van der Waals surface area contributed by atoms with Gasteiger partial charge in [-0.15, -0.1) is 24.0 Å². The van der Waals surface area contributed by atoms with Gasteiger partial charge in [0.25, 0.3) is 0 Å². The minimum Gasteiger partial charge on any atom is -0.370 e. The fraction of sp³-hybridized carbons (Fsp3) is 0.500. The molecular weight excluding hydrogens is 512 g/mol. The van der Waals surface area contributed by atoms with Gasteiger partial charge >= 0.3 is 6.18 Å². The number of ether oxygens (including phenoxy) is 1. The van der Waals surface area contributed by atoms with Gasteiger partial charge in [0, 0.05) is 25.7 Å². The molecule has 30 heavy (non-hydrogen) atoms. The Balaban J connectivity index is 0.00000320. The average Bonchev–Trinajstić information content (AvgIpc) is 3.03. The molecule has 1 aromatic carbocycles. The summed E-state index contributed by atoms with van der Waals surface area (Å²) in [6, 6.07) is 5.30. The number of morpholine rings is 1. The third-order valence-corrected chi connectivity index (χ3v) is 5.00. The van der Waals surface area contributed by atoms with Gasteiger partial charge in [-0.25, -0.2) is 0 Å². The second kappa shape index (κ2) is 10.5. The quantitative estimate of drug-likeness (QED) is 0.361. The first kappa shape index (κ1) is 24.4. The van der Waals surface area contributed by atoms with Gasteiger partial charge in [0.15, 0.2) is 5.96 Å². The van der Waals surface area contributed by atoms with Crippen LogP contribution in [0.25, 0.3) is 0 Å².